The Kier molecular flexibility index (Phi) is 7.45. The zero-order valence-electron chi connectivity index (χ0n) is 16.8. The Balaban J connectivity index is 2.36. The van der Waals surface area contributed by atoms with Crippen LogP contribution >= 0.6 is 0 Å². The molecule has 1 N–H and O–H groups in total. The molecule has 152 valence electrons. The molecule has 0 aromatic heterocycles. The number of amides is 1. The summed E-state index contributed by atoms with van der Waals surface area (Å²) < 4.78 is 31.7. The lowest BCUT2D eigenvalue weighted by Gasteiger charge is -2.30. The molecular weight excluding hydrogens is 376 g/mol. The van der Waals surface area contributed by atoms with Crippen LogP contribution in [0.2, 0.25) is 0 Å². The van der Waals surface area contributed by atoms with Crippen molar-refractivity contribution >= 4 is 27.3 Å². The van der Waals surface area contributed by atoms with Crippen molar-refractivity contribution < 1.29 is 17.9 Å². The molecule has 0 spiro atoms. The minimum Gasteiger partial charge on any atom is -0.494 e. The largest absolute Gasteiger partial charge is 0.494 e. The molecule has 0 aliphatic carbocycles. The number of nitrogens with one attached hydrogen (secondary N) is 1. The molecule has 6 nitrogen and oxygen atoms in total. The molecule has 2 rings (SSSR count). The summed E-state index contributed by atoms with van der Waals surface area (Å²) in [5.74, 6) is 0.289. The molecule has 0 bridgehead atoms. The second-order valence-corrected chi connectivity index (χ2v) is 8.27. The fourth-order valence-electron chi connectivity index (χ4n) is 3.08. The number of carbonyl (C=O) groups is 1. The van der Waals surface area contributed by atoms with Crippen LogP contribution in [0.5, 0.6) is 5.75 Å². The minimum atomic E-state index is -3.68. The van der Waals surface area contributed by atoms with Crippen molar-refractivity contribution in [1.82, 2.24) is 0 Å². The van der Waals surface area contributed by atoms with Gasteiger partial charge in [-0.3, -0.25) is 9.10 Å². The van der Waals surface area contributed by atoms with E-state index < -0.39 is 16.1 Å². The second kappa shape index (κ2) is 9.59. The number of carbonyl (C=O) groups excluding carboxylic acids is 1. The highest BCUT2D eigenvalue weighted by molar-refractivity contribution is 7.92. The Morgan fingerprint density at radius 3 is 2.25 bits per heavy atom. The number of benzene rings is 2. The topological polar surface area (TPSA) is 75.7 Å². The SMILES string of the molecule is CCOc1ccc(N(C(CC)C(=O)Nc2ccccc2CC)S(C)(=O)=O)cc1. The third kappa shape index (κ3) is 5.25. The number of sulfonamides is 1. The first kappa shape index (κ1) is 21.8. The molecule has 1 unspecified atom stereocenters. The van der Waals surface area contributed by atoms with Crippen molar-refractivity contribution in [2.45, 2.75) is 39.7 Å². The van der Waals surface area contributed by atoms with Crippen LogP contribution in [-0.2, 0) is 21.2 Å². The first-order valence-electron chi connectivity index (χ1n) is 9.42. The highest BCUT2D eigenvalue weighted by Gasteiger charge is 2.31. The fourth-order valence-corrected chi connectivity index (χ4v) is 4.29. The number of ether oxygens (including phenoxy) is 1. The zero-order valence-corrected chi connectivity index (χ0v) is 17.6. The molecule has 0 fully saturated rings. The number of nitrogens with zero attached hydrogens (tertiary/aromatic N) is 1. The highest BCUT2D eigenvalue weighted by Crippen LogP contribution is 2.26. The number of hydrogen-bond acceptors (Lipinski definition) is 4. The van der Waals surface area contributed by atoms with Crippen molar-refractivity contribution in [2.24, 2.45) is 0 Å². The molecule has 2 aromatic carbocycles. The Morgan fingerprint density at radius 1 is 1.07 bits per heavy atom. The van der Waals surface area contributed by atoms with Crippen LogP contribution in [0.25, 0.3) is 0 Å². The van der Waals surface area contributed by atoms with E-state index >= 15 is 0 Å². The van der Waals surface area contributed by atoms with Gasteiger partial charge >= 0.3 is 0 Å². The molecule has 0 aliphatic heterocycles. The molecule has 28 heavy (non-hydrogen) atoms. The van der Waals surface area contributed by atoms with Crippen LogP contribution in [-0.4, -0.2) is 33.2 Å². The van der Waals surface area contributed by atoms with E-state index in [1.807, 2.05) is 38.1 Å². The summed E-state index contributed by atoms with van der Waals surface area (Å²) in [5.41, 5.74) is 2.13. The molecule has 0 saturated carbocycles. The maximum absolute atomic E-state index is 13.0. The van der Waals surface area contributed by atoms with Gasteiger partial charge in [-0.1, -0.05) is 32.0 Å². The summed E-state index contributed by atoms with van der Waals surface area (Å²) in [7, 11) is -3.68. The van der Waals surface area contributed by atoms with Gasteiger partial charge in [0.1, 0.15) is 11.8 Å². The first-order valence-corrected chi connectivity index (χ1v) is 11.3. The molecular formula is C21H28N2O4S. The molecule has 7 heteroatoms. The summed E-state index contributed by atoms with van der Waals surface area (Å²) in [6, 6.07) is 13.4. The third-order valence-electron chi connectivity index (χ3n) is 4.39. The van der Waals surface area contributed by atoms with Crippen LogP contribution in [0.15, 0.2) is 48.5 Å². The van der Waals surface area contributed by atoms with Gasteiger partial charge in [-0.05, 0) is 55.7 Å². The van der Waals surface area contributed by atoms with Crippen LogP contribution in [0.3, 0.4) is 0 Å². The monoisotopic (exact) mass is 404 g/mol. The van der Waals surface area contributed by atoms with Gasteiger partial charge in [0, 0.05) is 5.69 Å². The summed E-state index contributed by atoms with van der Waals surface area (Å²) in [5, 5.41) is 2.90. The van der Waals surface area contributed by atoms with Gasteiger partial charge in [0.15, 0.2) is 0 Å². The van der Waals surface area contributed by atoms with Gasteiger partial charge in [-0.25, -0.2) is 8.42 Å². The van der Waals surface area contributed by atoms with Crippen molar-refractivity contribution in [3.05, 3.63) is 54.1 Å². The third-order valence-corrected chi connectivity index (χ3v) is 5.57. The Hall–Kier alpha value is -2.54. The normalized spacial score (nSPS) is 12.3. The second-order valence-electron chi connectivity index (χ2n) is 6.41. The fraction of sp³-hybridized carbons (Fsp3) is 0.381. The number of para-hydroxylation sites is 1. The van der Waals surface area contributed by atoms with Crippen molar-refractivity contribution in [2.75, 3.05) is 22.5 Å². The first-order chi connectivity index (χ1) is 13.3. The maximum Gasteiger partial charge on any atom is 0.248 e. The van der Waals surface area contributed by atoms with E-state index in [2.05, 4.69) is 5.32 Å². The van der Waals surface area contributed by atoms with Crippen LogP contribution in [0, 0.1) is 0 Å². The van der Waals surface area contributed by atoms with E-state index in [1.54, 1.807) is 31.2 Å². The summed E-state index contributed by atoms with van der Waals surface area (Å²) >= 11 is 0. The van der Waals surface area contributed by atoms with E-state index in [0.717, 1.165) is 18.2 Å². The average Bonchev–Trinajstić information content (AvgIpc) is 2.66. The van der Waals surface area contributed by atoms with E-state index in [0.29, 0.717) is 30.2 Å². The Bertz CT molecular complexity index is 895. The minimum absolute atomic E-state index is 0.334. The predicted molar refractivity (Wildman–Crippen MR) is 113 cm³/mol. The van der Waals surface area contributed by atoms with E-state index in [1.165, 1.54) is 4.31 Å². The molecule has 1 atom stereocenters. The number of anilines is 2. The number of rotatable bonds is 9. The Labute approximate surface area is 167 Å². The molecule has 1 amide bonds. The molecule has 0 heterocycles. The van der Waals surface area contributed by atoms with Gasteiger partial charge < -0.3 is 10.1 Å². The molecule has 0 radical (unpaired) electrons. The smallest absolute Gasteiger partial charge is 0.248 e. The summed E-state index contributed by atoms with van der Waals surface area (Å²) in [4.78, 5) is 13.0. The lowest BCUT2D eigenvalue weighted by molar-refractivity contribution is -0.117. The Morgan fingerprint density at radius 2 is 1.71 bits per heavy atom. The number of aryl methyl sites for hydroxylation is 1. The standard InChI is InChI=1S/C21H28N2O4S/c1-5-16-10-8-9-11-19(16)22-21(24)20(6-2)23(28(4,25)26)17-12-14-18(15-13-17)27-7-3/h8-15,20H,5-7H2,1-4H3,(H,22,24). The van der Waals surface area contributed by atoms with Crippen molar-refractivity contribution in [3.8, 4) is 5.75 Å². The lowest BCUT2D eigenvalue weighted by atomic mass is 10.1. The quantitative estimate of drug-likeness (QED) is 0.689. The summed E-state index contributed by atoms with van der Waals surface area (Å²) in [6.45, 7) is 6.20. The molecule has 2 aromatic rings. The van der Waals surface area contributed by atoms with Crippen LogP contribution in [0.1, 0.15) is 32.8 Å². The molecule has 0 aliphatic rings. The van der Waals surface area contributed by atoms with E-state index in [9.17, 15) is 13.2 Å². The van der Waals surface area contributed by atoms with Gasteiger partial charge in [0.05, 0.1) is 18.6 Å². The van der Waals surface area contributed by atoms with Crippen LogP contribution < -0.4 is 14.4 Å². The van der Waals surface area contributed by atoms with E-state index in [-0.39, 0.29) is 5.91 Å². The van der Waals surface area contributed by atoms with Gasteiger partial charge in [-0.15, -0.1) is 0 Å². The molecule has 0 saturated heterocycles. The zero-order chi connectivity index (χ0) is 20.7. The average molecular weight is 405 g/mol. The number of hydrogen-bond donors (Lipinski definition) is 1. The maximum atomic E-state index is 13.0. The van der Waals surface area contributed by atoms with Gasteiger partial charge in [0.25, 0.3) is 0 Å². The lowest BCUT2D eigenvalue weighted by Crippen LogP contribution is -2.47. The van der Waals surface area contributed by atoms with Crippen molar-refractivity contribution in [1.29, 1.82) is 0 Å². The van der Waals surface area contributed by atoms with Crippen molar-refractivity contribution in [3.63, 3.8) is 0 Å². The highest BCUT2D eigenvalue weighted by atomic mass is 32.2. The summed E-state index contributed by atoms with van der Waals surface area (Å²) in [6.07, 6.45) is 2.21. The van der Waals surface area contributed by atoms with E-state index in [4.69, 9.17) is 4.74 Å². The predicted octanol–water partition coefficient (Wildman–Crippen LogP) is 3.83. The van der Waals surface area contributed by atoms with Gasteiger partial charge in [0.2, 0.25) is 15.9 Å². The van der Waals surface area contributed by atoms with Gasteiger partial charge in [-0.2, -0.15) is 0 Å². The van der Waals surface area contributed by atoms with Crippen LogP contribution in [0.4, 0.5) is 11.4 Å².